The van der Waals surface area contributed by atoms with Gasteiger partial charge >= 0.3 is 5.97 Å². The molecule has 10 nitrogen and oxygen atoms in total. The van der Waals surface area contributed by atoms with E-state index in [1.54, 1.807) is 48.2 Å². The van der Waals surface area contributed by atoms with E-state index in [9.17, 15) is 24.6 Å². The van der Waals surface area contributed by atoms with Crippen LogP contribution in [0.4, 0.5) is 17.1 Å². The van der Waals surface area contributed by atoms with Crippen LogP contribution in [0.15, 0.2) is 102 Å². The number of nitrogen functional groups attached to an aromatic ring is 1. The van der Waals surface area contributed by atoms with Crippen molar-refractivity contribution in [2.75, 3.05) is 22.1 Å². The summed E-state index contributed by atoms with van der Waals surface area (Å²) in [6.45, 7) is -0.0352. The number of carbonyl (C=O) groups excluding carboxylic acids is 2. The van der Waals surface area contributed by atoms with Crippen LogP contribution >= 0.6 is 11.8 Å². The van der Waals surface area contributed by atoms with Gasteiger partial charge in [-0.2, -0.15) is 0 Å². The molecule has 11 heteroatoms. The summed E-state index contributed by atoms with van der Waals surface area (Å²) in [5, 5.41) is 24.5. The predicted octanol–water partition coefficient (Wildman–Crippen LogP) is 7.71. The second-order valence-corrected chi connectivity index (χ2v) is 13.3. The van der Waals surface area contributed by atoms with Crippen molar-refractivity contribution >= 4 is 46.6 Å². The number of benzene rings is 4. The molecule has 1 aliphatic rings. The highest BCUT2D eigenvalue weighted by molar-refractivity contribution is 7.99. The maximum Gasteiger partial charge on any atom is 0.335 e. The minimum absolute atomic E-state index is 0.0352. The molecule has 2 amide bonds. The van der Waals surface area contributed by atoms with Gasteiger partial charge < -0.3 is 36.1 Å². The molecule has 0 aliphatic carbocycles. The number of para-hydroxylation sites is 2. The molecule has 0 bridgehead atoms. The molecule has 0 aromatic heterocycles. The lowest BCUT2D eigenvalue weighted by molar-refractivity contribution is -0.245. The van der Waals surface area contributed by atoms with Crippen LogP contribution in [0, 0.1) is 0 Å². The molecule has 3 atom stereocenters. The topological polar surface area (TPSA) is 160 Å². The molecule has 4 aromatic rings. The van der Waals surface area contributed by atoms with Crippen LogP contribution in [0.1, 0.15) is 84.4 Å². The van der Waals surface area contributed by atoms with Crippen molar-refractivity contribution in [3.05, 3.63) is 119 Å². The Balaban J connectivity index is 1.10. The lowest BCUT2D eigenvalue weighted by Crippen LogP contribution is -2.31. The minimum atomic E-state index is -0.959. The van der Waals surface area contributed by atoms with Gasteiger partial charge in [0.25, 0.3) is 0 Å². The van der Waals surface area contributed by atoms with E-state index in [2.05, 4.69) is 10.6 Å². The monoisotopic (exact) mass is 697 g/mol. The number of aromatic carboxylic acids is 1. The van der Waals surface area contributed by atoms with Crippen LogP contribution < -0.4 is 16.4 Å². The van der Waals surface area contributed by atoms with Gasteiger partial charge in [0.15, 0.2) is 6.29 Å². The average molecular weight is 698 g/mol. The maximum absolute atomic E-state index is 12.6. The van der Waals surface area contributed by atoms with Crippen molar-refractivity contribution in [1.82, 2.24) is 0 Å². The Bertz CT molecular complexity index is 1720. The summed E-state index contributed by atoms with van der Waals surface area (Å²) in [6.07, 6.45) is 3.55. The zero-order valence-electron chi connectivity index (χ0n) is 27.8. The number of carboxylic acid groups (broad SMARTS) is 1. The highest BCUT2D eigenvalue weighted by Crippen LogP contribution is 2.39. The van der Waals surface area contributed by atoms with Gasteiger partial charge in [-0.15, -0.1) is 11.8 Å². The first-order chi connectivity index (χ1) is 24.3. The van der Waals surface area contributed by atoms with E-state index in [1.165, 1.54) is 0 Å². The molecule has 50 heavy (non-hydrogen) atoms. The number of thioether (sulfide) groups is 1. The quantitative estimate of drug-likeness (QED) is 0.0449. The molecule has 1 saturated heterocycles. The smallest absolute Gasteiger partial charge is 0.335 e. The highest BCUT2D eigenvalue weighted by atomic mass is 32.2. The number of ether oxygens (including phenoxy) is 2. The number of amides is 2. The van der Waals surface area contributed by atoms with E-state index in [1.807, 2.05) is 60.7 Å². The number of rotatable bonds is 16. The molecule has 1 heterocycles. The second kappa shape index (κ2) is 18.4. The second-order valence-electron chi connectivity index (χ2n) is 12.2. The van der Waals surface area contributed by atoms with E-state index < -0.39 is 12.3 Å². The van der Waals surface area contributed by atoms with Crippen molar-refractivity contribution in [2.45, 2.75) is 74.9 Å². The van der Waals surface area contributed by atoms with Gasteiger partial charge in [-0.3, -0.25) is 9.59 Å². The van der Waals surface area contributed by atoms with Gasteiger partial charge in [0, 0.05) is 41.2 Å². The number of aliphatic hydroxyl groups excluding tert-OH is 1. The van der Waals surface area contributed by atoms with Crippen molar-refractivity contribution < 1.29 is 34.1 Å². The summed E-state index contributed by atoms with van der Waals surface area (Å²) in [7, 11) is 0. The highest BCUT2D eigenvalue weighted by Gasteiger charge is 2.32. The molecular formula is C39H43N3O7S. The van der Waals surface area contributed by atoms with E-state index in [0.717, 1.165) is 47.3 Å². The number of hydrogen-bond acceptors (Lipinski definition) is 8. The number of anilines is 3. The Labute approximate surface area is 296 Å². The number of carbonyl (C=O) groups is 3. The molecule has 0 spiro atoms. The van der Waals surface area contributed by atoms with Gasteiger partial charge in [-0.05, 0) is 72.5 Å². The van der Waals surface area contributed by atoms with E-state index in [4.69, 9.17) is 15.2 Å². The SMILES string of the molecule is Nc1ccccc1NC(=O)CCCCCCC(=O)Nc1ccc(C2OC(CSc3ccc(C(=O)O)cc3)CC(c3ccc(CO)cc3)O2)cc1. The molecule has 0 saturated carbocycles. The fourth-order valence-corrected chi connectivity index (χ4v) is 6.52. The standard InChI is InChI=1S/C39H43N3O7S/c40-33-7-5-6-8-34(33)42-37(45)10-4-2-1-3-9-36(44)41-30-19-15-29(16-20-30)39-48-31(25-50-32-21-17-28(18-22-32)38(46)47)23-35(49-39)27-13-11-26(24-43)12-14-27/h5-8,11-22,31,35,39,43H,1-4,9-10,23-25,40H2,(H,41,44)(H,42,45)(H,46,47). The van der Waals surface area contributed by atoms with Crippen molar-refractivity contribution in [2.24, 2.45) is 0 Å². The fourth-order valence-electron chi connectivity index (χ4n) is 5.60. The molecule has 4 aromatic carbocycles. The van der Waals surface area contributed by atoms with E-state index in [0.29, 0.717) is 42.1 Å². The minimum Gasteiger partial charge on any atom is -0.478 e. The van der Waals surface area contributed by atoms with Gasteiger partial charge in [0.05, 0.1) is 35.8 Å². The summed E-state index contributed by atoms with van der Waals surface area (Å²) in [6, 6.07) is 29.1. The third-order valence-electron chi connectivity index (χ3n) is 8.41. The van der Waals surface area contributed by atoms with Gasteiger partial charge in [0.2, 0.25) is 11.8 Å². The van der Waals surface area contributed by atoms with Gasteiger partial charge in [-0.1, -0.05) is 61.4 Å². The van der Waals surface area contributed by atoms with Crippen molar-refractivity contribution in [3.63, 3.8) is 0 Å². The van der Waals surface area contributed by atoms with Crippen molar-refractivity contribution in [3.8, 4) is 0 Å². The average Bonchev–Trinajstić information content (AvgIpc) is 3.13. The molecule has 1 fully saturated rings. The van der Waals surface area contributed by atoms with Crippen LogP contribution in [-0.4, -0.2) is 39.9 Å². The third-order valence-corrected chi connectivity index (χ3v) is 9.56. The molecule has 262 valence electrons. The van der Waals surface area contributed by atoms with Crippen LogP contribution in [0.3, 0.4) is 0 Å². The molecular weight excluding hydrogens is 655 g/mol. The lowest BCUT2D eigenvalue weighted by atomic mass is 10.0. The van der Waals surface area contributed by atoms with Crippen LogP contribution in [0.25, 0.3) is 0 Å². The first-order valence-electron chi connectivity index (χ1n) is 16.8. The largest absolute Gasteiger partial charge is 0.478 e. The Morgan fingerprint density at radius 3 is 2.04 bits per heavy atom. The summed E-state index contributed by atoms with van der Waals surface area (Å²) in [5.41, 5.74) is 10.6. The van der Waals surface area contributed by atoms with Crippen LogP contribution in [-0.2, 0) is 25.7 Å². The zero-order chi connectivity index (χ0) is 35.3. The van der Waals surface area contributed by atoms with Gasteiger partial charge in [0.1, 0.15) is 0 Å². The molecule has 3 unspecified atom stereocenters. The maximum atomic E-state index is 12.6. The summed E-state index contributed by atoms with van der Waals surface area (Å²) in [4.78, 5) is 37.0. The Kier molecular flexibility index (Phi) is 13.4. The van der Waals surface area contributed by atoms with Crippen LogP contribution in [0.5, 0.6) is 0 Å². The van der Waals surface area contributed by atoms with E-state index in [-0.39, 0.29) is 36.2 Å². The van der Waals surface area contributed by atoms with E-state index >= 15 is 0 Å². The fraction of sp³-hybridized carbons (Fsp3) is 0.308. The molecule has 1 aliphatic heterocycles. The number of nitrogens with two attached hydrogens (primary N) is 1. The van der Waals surface area contributed by atoms with Crippen LogP contribution in [0.2, 0.25) is 0 Å². The zero-order valence-corrected chi connectivity index (χ0v) is 28.6. The first-order valence-corrected chi connectivity index (χ1v) is 17.8. The summed E-state index contributed by atoms with van der Waals surface area (Å²) < 4.78 is 12.8. The Morgan fingerprint density at radius 2 is 1.40 bits per heavy atom. The van der Waals surface area contributed by atoms with Crippen molar-refractivity contribution in [1.29, 1.82) is 0 Å². The number of carboxylic acids is 1. The van der Waals surface area contributed by atoms with Gasteiger partial charge in [-0.25, -0.2) is 4.79 Å². The Hall–Kier alpha value is -4.68. The molecule has 6 N–H and O–H groups in total. The summed E-state index contributed by atoms with van der Waals surface area (Å²) in [5.74, 6) is -0.458. The summed E-state index contributed by atoms with van der Waals surface area (Å²) >= 11 is 1.59. The predicted molar refractivity (Wildman–Crippen MR) is 195 cm³/mol. The number of hydrogen-bond donors (Lipinski definition) is 5. The third kappa shape index (κ3) is 10.9. The molecule has 5 rings (SSSR count). The number of nitrogens with one attached hydrogen (secondary N) is 2. The number of unbranched alkanes of at least 4 members (excludes halogenated alkanes) is 3. The first kappa shape index (κ1) is 36.6. The number of aliphatic hydroxyl groups is 1. The Morgan fingerprint density at radius 1 is 0.760 bits per heavy atom. The lowest BCUT2D eigenvalue weighted by Gasteiger charge is -2.36. The molecule has 0 radical (unpaired) electrons. The normalized spacial score (nSPS) is 17.2.